The number of aryl methyl sites for hydroxylation is 1. The Balaban J connectivity index is 1.48. The lowest BCUT2D eigenvalue weighted by Crippen LogP contribution is -2.17. The van der Waals surface area contributed by atoms with E-state index < -0.39 is 0 Å². The van der Waals surface area contributed by atoms with Crippen LogP contribution in [-0.4, -0.2) is 25.7 Å². The van der Waals surface area contributed by atoms with Gasteiger partial charge in [-0.15, -0.1) is 11.3 Å². The summed E-state index contributed by atoms with van der Waals surface area (Å²) >= 11 is 1.68. The van der Waals surface area contributed by atoms with E-state index >= 15 is 0 Å². The van der Waals surface area contributed by atoms with Crippen LogP contribution in [0, 0.1) is 6.92 Å². The van der Waals surface area contributed by atoms with Crippen molar-refractivity contribution in [3.8, 4) is 11.4 Å². The van der Waals surface area contributed by atoms with E-state index in [1.807, 2.05) is 65.5 Å². The Hall–Kier alpha value is -3.19. The predicted octanol–water partition coefficient (Wildman–Crippen LogP) is 3.94. The summed E-state index contributed by atoms with van der Waals surface area (Å²) in [6.07, 6.45) is 1.92. The Morgan fingerprint density at radius 2 is 2.04 bits per heavy atom. The maximum atomic E-state index is 12.6. The molecule has 0 aliphatic rings. The zero-order valence-corrected chi connectivity index (χ0v) is 15.0. The minimum atomic E-state index is -0.131. The molecular weight excluding hydrogens is 346 g/mol. The van der Waals surface area contributed by atoms with Gasteiger partial charge in [0, 0.05) is 22.3 Å². The lowest BCUT2D eigenvalue weighted by molar-refractivity contribution is 0.101. The zero-order valence-electron chi connectivity index (χ0n) is 14.1. The van der Waals surface area contributed by atoms with Crippen molar-refractivity contribution in [2.45, 2.75) is 13.5 Å². The van der Waals surface area contributed by atoms with Crippen LogP contribution in [0.4, 0.5) is 5.69 Å². The molecule has 0 aliphatic heterocycles. The van der Waals surface area contributed by atoms with Gasteiger partial charge in [0.15, 0.2) is 5.82 Å². The maximum absolute atomic E-state index is 12.6. The second kappa shape index (κ2) is 6.97. The average molecular weight is 363 g/mol. The molecule has 0 bridgehead atoms. The monoisotopic (exact) mass is 363 g/mol. The van der Waals surface area contributed by atoms with Crippen molar-refractivity contribution in [1.82, 2.24) is 19.7 Å². The molecule has 0 saturated carbocycles. The van der Waals surface area contributed by atoms with Gasteiger partial charge in [0.05, 0.1) is 6.54 Å². The Kier molecular flexibility index (Phi) is 4.37. The van der Waals surface area contributed by atoms with Crippen molar-refractivity contribution < 1.29 is 4.79 Å². The van der Waals surface area contributed by atoms with Crippen molar-refractivity contribution in [3.63, 3.8) is 0 Å². The number of hydrogen-bond donors (Lipinski definition) is 2. The largest absolute Gasteiger partial charge is 0.338 e. The molecular formula is C19H17N5OS. The molecule has 0 unspecified atom stereocenters. The highest BCUT2D eigenvalue weighted by Crippen LogP contribution is 2.19. The third-order valence-corrected chi connectivity index (χ3v) is 4.83. The number of carbonyl (C=O) groups is 1. The quantitative estimate of drug-likeness (QED) is 0.564. The Morgan fingerprint density at radius 3 is 2.73 bits per heavy atom. The fraction of sp³-hybridized carbons (Fsp3) is 0.105. The number of anilines is 1. The topological polar surface area (TPSA) is 75.6 Å². The van der Waals surface area contributed by atoms with Crippen LogP contribution < -0.4 is 5.32 Å². The van der Waals surface area contributed by atoms with Crippen molar-refractivity contribution in [2.75, 3.05) is 5.32 Å². The second-order valence-corrected chi connectivity index (χ2v) is 6.91. The first-order valence-corrected chi connectivity index (χ1v) is 9.05. The molecule has 0 saturated heterocycles. The lowest BCUT2D eigenvalue weighted by Gasteiger charge is -2.09. The number of H-pyrrole nitrogens is 1. The number of aromatic nitrogens is 4. The molecule has 1 aromatic carbocycles. The molecule has 3 aromatic heterocycles. The van der Waals surface area contributed by atoms with Gasteiger partial charge < -0.3 is 9.88 Å². The lowest BCUT2D eigenvalue weighted by atomic mass is 10.2. The van der Waals surface area contributed by atoms with E-state index in [4.69, 9.17) is 0 Å². The molecule has 0 radical (unpaired) electrons. The van der Waals surface area contributed by atoms with Crippen molar-refractivity contribution in [1.29, 1.82) is 0 Å². The molecule has 7 heteroatoms. The van der Waals surface area contributed by atoms with Crippen LogP contribution in [-0.2, 0) is 6.54 Å². The van der Waals surface area contributed by atoms with Gasteiger partial charge >= 0.3 is 0 Å². The van der Waals surface area contributed by atoms with Crippen molar-refractivity contribution in [2.24, 2.45) is 0 Å². The molecule has 130 valence electrons. The number of hydrogen-bond acceptors (Lipinski definition) is 4. The summed E-state index contributed by atoms with van der Waals surface area (Å²) in [5.41, 5.74) is 2.26. The Morgan fingerprint density at radius 1 is 1.19 bits per heavy atom. The summed E-state index contributed by atoms with van der Waals surface area (Å²) in [6.45, 7) is 2.55. The smallest absolute Gasteiger partial charge is 0.272 e. The van der Waals surface area contributed by atoms with Crippen LogP contribution in [0.5, 0.6) is 0 Å². The average Bonchev–Trinajstić information content (AvgIpc) is 3.38. The van der Waals surface area contributed by atoms with Gasteiger partial charge in [-0.05, 0) is 54.8 Å². The summed E-state index contributed by atoms with van der Waals surface area (Å²) in [5, 5.41) is 11.9. The van der Waals surface area contributed by atoms with Gasteiger partial charge in [-0.25, -0.2) is 4.98 Å². The number of nitrogens with zero attached hydrogens (tertiary/aromatic N) is 3. The van der Waals surface area contributed by atoms with Crippen LogP contribution in [0.25, 0.3) is 11.4 Å². The number of aromatic amines is 1. The minimum Gasteiger partial charge on any atom is -0.338 e. The molecule has 3 heterocycles. The molecule has 0 spiro atoms. The van der Waals surface area contributed by atoms with E-state index in [0.717, 1.165) is 17.1 Å². The zero-order chi connectivity index (χ0) is 17.9. The summed E-state index contributed by atoms with van der Waals surface area (Å²) < 4.78 is 1.95. The standard InChI is InChI=1S/C19H17N5OS/c1-13-20-18(23-22-13)14-6-8-15(9-7-14)21-19(25)17-5-2-10-24(17)12-16-4-3-11-26-16/h2-11H,12H2,1H3,(H,21,25)(H,20,22,23). The van der Waals surface area contributed by atoms with Gasteiger partial charge in [-0.2, -0.15) is 5.10 Å². The van der Waals surface area contributed by atoms with Crippen LogP contribution in [0.15, 0.2) is 60.1 Å². The van der Waals surface area contributed by atoms with E-state index in [1.165, 1.54) is 4.88 Å². The highest BCUT2D eigenvalue weighted by Gasteiger charge is 2.12. The van der Waals surface area contributed by atoms with Crippen LogP contribution in [0.3, 0.4) is 0 Å². The number of amides is 1. The molecule has 4 rings (SSSR count). The number of carbonyl (C=O) groups excluding carboxylic acids is 1. The fourth-order valence-electron chi connectivity index (χ4n) is 2.70. The molecule has 0 aliphatic carbocycles. The summed E-state index contributed by atoms with van der Waals surface area (Å²) in [6, 6.07) is 15.3. The maximum Gasteiger partial charge on any atom is 0.272 e. The third kappa shape index (κ3) is 3.43. The SMILES string of the molecule is Cc1nc(-c2ccc(NC(=O)c3cccn3Cc3cccs3)cc2)n[nH]1. The van der Waals surface area contributed by atoms with E-state index in [9.17, 15) is 4.79 Å². The van der Waals surface area contributed by atoms with Crippen LogP contribution >= 0.6 is 11.3 Å². The molecule has 0 atom stereocenters. The number of thiophene rings is 1. The first-order chi connectivity index (χ1) is 12.7. The van der Waals surface area contributed by atoms with Crippen molar-refractivity contribution in [3.05, 3.63) is 76.5 Å². The minimum absolute atomic E-state index is 0.131. The van der Waals surface area contributed by atoms with E-state index in [2.05, 4.69) is 26.6 Å². The molecule has 1 amide bonds. The molecule has 6 nitrogen and oxygen atoms in total. The summed E-state index contributed by atoms with van der Waals surface area (Å²) in [4.78, 5) is 18.1. The Labute approximate surface area is 154 Å². The van der Waals surface area contributed by atoms with E-state index in [-0.39, 0.29) is 5.91 Å². The third-order valence-electron chi connectivity index (χ3n) is 3.97. The summed E-state index contributed by atoms with van der Waals surface area (Å²) in [7, 11) is 0. The number of benzene rings is 1. The summed E-state index contributed by atoms with van der Waals surface area (Å²) in [5.74, 6) is 1.28. The van der Waals surface area contributed by atoms with Gasteiger partial charge in [0.25, 0.3) is 5.91 Å². The first-order valence-electron chi connectivity index (χ1n) is 8.17. The number of nitrogens with one attached hydrogen (secondary N) is 2. The molecule has 26 heavy (non-hydrogen) atoms. The van der Waals surface area contributed by atoms with Gasteiger partial charge in [0.2, 0.25) is 0 Å². The highest BCUT2D eigenvalue weighted by molar-refractivity contribution is 7.09. The van der Waals surface area contributed by atoms with Gasteiger partial charge in [-0.1, -0.05) is 6.07 Å². The first kappa shape index (κ1) is 16.3. The van der Waals surface area contributed by atoms with Crippen LogP contribution in [0.1, 0.15) is 21.2 Å². The van der Waals surface area contributed by atoms with Crippen molar-refractivity contribution >= 4 is 22.9 Å². The number of rotatable bonds is 5. The predicted molar refractivity (Wildman–Crippen MR) is 102 cm³/mol. The molecule has 2 N–H and O–H groups in total. The molecule has 0 fully saturated rings. The Bertz CT molecular complexity index is 1010. The van der Waals surface area contributed by atoms with Crippen LogP contribution in [0.2, 0.25) is 0 Å². The molecule has 4 aromatic rings. The van der Waals surface area contributed by atoms with Gasteiger partial charge in [0.1, 0.15) is 11.5 Å². The highest BCUT2D eigenvalue weighted by atomic mass is 32.1. The normalized spacial score (nSPS) is 10.8. The van der Waals surface area contributed by atoms with E-state index in [0.29, 0.717) is 18.1 Å². The fourth-order valence-corrected chi connectivity index (χ4v) is 3.40. The van der Waals surface area contributed by atoms with Gasteiger partial charge in [-0.3, -0.25) is 9.89 Å². The van der Waals surface area contributed by atoms with E-state index in [1.54, 1.807) is 11.3 Å². The second-order valence-electron chi connectivity index (χ2n) is 5.88.